The number of aromatic nitrogens is 2. The second kappa shape index (κ2) is 7.67. The van der Waals surface area contributed by atoms with Crippen LogP contribution in [0.25, 0.3) is 0 Å². The van der Waals surface area contributed by atoms with Gasteiger partial charge in [-0.15, -0.1) is 0 Å². The molecule has 0 aliphatic carbocycles. The van der Waals surface area contributed by atoms with Crippen LogP contribution in [0.15, 0.2) is 0 Å². The van der Waals surface area contributed by atoms with Gasteiger partial charge >= 0.3 is 0 Å². The van der Waals surface area contributed by atoms with Gasteiger partial charge < -0.3 is 16.4 Å². The number of aryl methyl sites for hydroxylation is 1. The molecule has 0 aliphatic heterocycles. The third-order valence-electron chi connectivity index (χ3n) is 2.99. The van der Waals surface area contributed by atoms with E-state index in [0.717, 1.165) is 43.0 Å². The Labute approximate surface area is 120 Å². The summed E-state index contributed by atoms with van der Waals surface area (Å²) in [5.41, 5.74) is 6.20. The van der Waals surface area contributed by atoms with Gasteiger partial charge in [-0.2, -0.15) is 0 Å². The Bertz CT molecular complexity index is 461. The summed E-state index contributed by atoms with van der Waals surface area (Å²) >= 11 is 0. The van der Waals surface area contributed by atoms with Gasteiger partial charge in [0.15, 0.2) is 0 Å². The number of rotatable bonds is 8. The van der Waals surface area contributed by atoms with Gasteiger partial charge in [0.25, 0.3) is 0 Å². The summed E-state index contributed by atoms with van der Waals surface area (Å²) in [6, 6.07) is -0.461. The van der Waals surface area contributed by atoms with Crippen molar-refractivity contribution in [3.05, 3.63) is 11.4 Å². The molecule has 0 aliphatic rings. The Kier molecular flexibility index (Phi) is 6.21. The maximum absolute atomic E-state index is 11.2. The molecule has 0 fully saturated rings. The molecule has 0 radical (unpaired) electrons. The van der Waals surface area contributed by atoms with Crippen molar-refractivity contribution in [1.82, 2.24) is 9.97 Å². The van der Waals surface area contributed by atoms with Crippen LogP contribution in [-0.4, -0.2) is 28.5 Å². The van der Waals surface area contributed by atoms with Crippen molar-refractivity contribution in [1.29, 1.82) is 0 Å². The third kappa shape index (κ3) is 4.36. The Morgan fingerprint density at radius 3 is 2.45 bits per heavy atom. The quantitative estimate of drug-likeness (QED) is 0.675. The van der Waals surface area contributed by atoms with E-state index < -0.39 is 11.9 Å². The Morgan fingerprint density at radius 1 is 1.25 bits per heavy atom. The van der Waals surface area contributed by atoms with Gasteiger partial charge in [0.2, 0.25) is 5.91 Å². The second-order valence-corrected chi connectivity index (χ2v) is 4.91. The topological polar surface area (TPSA) is 92.9 Å². The number of primary amides is 1. The van der Waals surface area contributed by atoms with Crippen LogP contribution >= 0.6 is 0 Å². The van der Waals surface area contributed by atoms with Crippen molar-refractivity contribution < 1.29 is 4.79 Å². The summed E-state index contributed by atoms with van der Waals surface area (Å²) in [5, 5.41) is 6.36. The second-order valence-electron chi connectivity index (χ2n) is 4.91. The number of nitrogens with two attached hydrogens (primary N) is 1. The van der Waals surface area contributed by atoms with E-state index in [-0.39, 0.29) is 0 Å². The van der Waals surface area contributed by atoms with Crippen LogP contribution < -0.4 is 16.4 Å². The molecule has 0 saturated carbocycles. The van der Waals surface area contributed by atoms with Gasteiger partial charge in [0.1, 0.15) is 23.5 Å². The zero-order chi connectivity index (χ0) is 15.1. The zero-order valence-corrected chi connectivity index (χ0v) is 12.8. The Balaban J connectivity index is 3.06. The summed E-state index contributed by atoms with van der Waals surface area (Å²) in [5.74, 6) is 1.87. The standard InChI is InChI=1S/C14H25N5O/c1-5-7-11-18-13(16-8-6-2)9(3)14(19-11)17-10(4)12(15)20/h10H,5-8H2,1-4H3,(H2,15,20)(H2,16,17,18,19). The molecular weight excluding hydrogens is 254 g/mol. The molecule has 4 N–H and O–H groups in total. The van der Waals surface area contributed by atoms with Crippen LogP contribution in [0, 0.1) is 6.92 Å². The molecular formula is C14H25N5O. The molecule has 0 bridgehead atoms. The van der Waals surface area contributed by atoms with Gasteiger partial charge in [0, 0.05) is 18.5 Å². The van der Waals surface area contributed by atoms with Crippen LogP contribution in [-0.2, 0) is 11.2 Å². The van der Waals surface area contributed by atoms with E-state index in [0.29, 0.717) is 5.82 Å². The van der Waals surface area contributed by atoms with E-state index in [1.165, 1.54) is 0 Å². The van der Waals surface area contributed by atoms with E-state index in [9.17, 15) is 4.79 Å². The van der Waals surface area contributed by atoms with Crippen molar-refractivity contribution in [3.8, 4) is 0 Å². The highest BCUT2D eigenvalue weighted by molar-refractivity contribution is 5.82. The molecule has 0 spiro atoms. The summed E-state index contributed by atoms with van der Waals surface area (Å²) in [6.45, 7) is 8.70. The number of amides is 1. The summed E-state index contributed by atoms with van der Waals surface area (Å²) in [7, 11) is 0. The average Bonchev–Trinajstić information content (AvgIpc) is 2.40. The predicted octanol–water partition coefficient (Wildman–Crippen LogP) is 1.85. The number of nitrogens with one attached hydrogen (secondary N) is 2. The SMILES string of the molecule is CCCNc1nc(CCC)nc(NC(C)C(N)=O)c1C. The Hall–Kier alpha value is -1.85. The lowest BCUT2D eigenvalue weighted by molar-refractivity contribution is -0.118. The molecule has 1 aromatic rings. The molecule has 1 aromatic heterocycles. The van der Waals surface area contributed by atoms with Crippen molar-refractivity contribution in [2.24, 2.45) is 5.73 Å². The lowest BCUT2D eigenvalue weighted by atomic mass is 10.2. The fourth-order valence-corrected chi connectivity index (χ4v) is 1.73. The first kappa shape index (κ1) is 16.2. The zero-order valence-electron chi connectivity index (χ0n) is 12.8. The number of anilines is 2. The molecule has 0 saturated heterocycles. The first-order chi connectivity index (χ1) is 9.49. The minimum Gasteiger partial charge on any atom is -0.370 e. The average molecular weight is 279 g/mol. The van der Waals surface area contributed by atoms with Gasteiger partial charge in [-0.05, 0) is 26.7 Å². The van der Waals surface area contributed by atoms with Crippen molar-refractivity contribution in [3.63, 3.8) is 0 Å². The minimum atomic E-state index is -0.461. The number of nitrogens with zero attached hydrogens (tertiary/aromatic N) is 2. The van der Waals surface area contributed by atoms with Crippen molar-refractivity contribution in [2.45, 2.75) is 53.0 Å². The molecule has 1 atom stereocenters. The van der Waals surface area contributed by atoms with Gasteiger partial charge in [-0.25, -0.2) is 9.97 Å². The van der Waals surface area contributed by atoms with E-state index in [2.05, 4.69) is 34.4 Å². The maximum atomic E-state index is 11.2. The highest BCUT2D eigenvalue weighted by Crippen LogP contribution is 2.21. The minimum absolute atomic E-state index is 0.400. The summed E-state index contributed by atoms with van der Waals surface area (Å²) < 4.78 is 0. The lowest BCUT2D eigenvalue weighted by Crippen LogP contribution is -2.33. The molecule has 6 nitrogen and oxygen atoms in total. The molecule has 0 aromatic carbocycles. The van der Waals surface area contributed by atoms with E-state index in [1.54, 1.807) is 6.92 Å². The van der Waals surface area contributed by atoms with Gasteiger partial charge in [-0.3, -0.25) is 4.79 Å². The lowest BCUT2D eigenvalue weighted by Gasteiger charge is -2.17. The first-order valence-corrected chi connectivity index (χ1v) is 7.16. The van der Waals surface area contributed by atoms with Crippen LogP contribution in [0.1, 0.15) is 45.0 Å². The fraction of sp³-hybridized carbons (Fsp3) is 0.643. The van der Waals surface area contributed by atoms with Crippen LogP contribution in [0.4, 0.5) is 11.6 Å². The summed E-state index contributed by atoms with van der Waals surface area (Å²) in [6.07, 6.45) is 2.80. The molecule has 1 amide bonds. The molecule has 6 heteroatoms. The van der Waals surface area contributed by atoms with Crippen LogP contribution in [0.5, 0.6) is 0 Å². The Morgan fingerprint density at radius 2 is 1.90 bits per heavy atom. The fourth-order valence-electron chi connectivity index (χ4n) is 1.73. The highest BCUT2D eigenvalue weighted by Gasteiger charge is 2.15. The van der Waals surface area contributed by atoms with Crippen molar-refractivity contribution >= 4 is 17.5 Å². The number of carbonyl (C=O) groups is 1. The van der Waals surface area contributed by atoms with Crippen LogP contribution in [0.3, 0.4) is 0 Å². The smallest absolute Gasteiger partial charge is 0.239 e. The number of hydrogen-bond donors (Lipinski definition) is 3. The van der Waals surface area contributed by atoms with E-state index in [4.69, 9.17) is 5.73 Å². The normalized spacial score (nSPS) is 12.0. The highest BCUT2D eigenvalue weighted by atomic mass is 16.1. The summed E-state index contributed by atoms with van der Waals surface area (Å²) in [4.78, 5) is 20.2. The number of hydrogen-bond acceptors (Lipinski definition) is 5. The first-order valence-electron chi connectivity index (χ1n) is 7.16. The van der Waals surface area contributed by atoms with Gasteiger partial charge in [0.05, 0.1) is 0 Å². The van der Waals surface area contributed by atoms with Crippen LogP contribution in [0.2, 0.25) is 0 Å². The molecule has 1 rings (SSSR count). The molecule has 1 heterocycles. The molecule has 112 valence electrons. The van der Waals surface area contributed by atoms with Gasteiger partial charge in [-0.1, -0.05) is 13.8 Å². The van der Waals surface area contributed by atoms with E-state index in [1.807, 2.05) is 6.92 Å². The maximum Gasteiger partial charge on any atom is 0.239 e. The predicted molar refractivity (Wildman–Crippen MR) is 81.8 cm³/mol. The largest absolute Gasteiger partial charge is 0.370 e. The molecule has 1 unspecified atom stereocenters. The third-order valence-corrected chi connectivity index (χ3v) is 2.99. The number of carbonyl (C=O) groups excluding carboxylic acids is 1. The monoisotopic (exact) mass is 279 g/mol. The van der Waals surface area contributed by atoms with E-state index >= 15 is 0 Å². The molecule has 20 heavy (non-hydrogen) atoms. The van der Waals surface area contributed by atoms with Crippen molar-refractivity contribution in [2.75, 3.05) is 17.2 Å².